The minimum atomic E-state index is -0.347. The molecule has 1 aromatic rings. The average molecular weight is 330 g/mol. The predicted molar refractivity (Wildman–Crippen MR) is 80.2 cm³/mol. The zero-order valence-electron chi connectivity index (χ0n) is 11.3. The van der Waals surface area contributed by atoms with Crippen molar-refractivity contribution in [2.75, 3.05) is 38.8 Å². The van der Waals surface area contributed by atoms with Gasteiger partial charge in [-0.25, -0.2) is 0 Å². The number of ether oxygens (including phenoxy) is 1. The Labute approximate surface area is 122 Å². The first-order valence-corrected chi connectivity index (χ1v) is 6.81. The standard InChI is InChI=1S/C13H20BrN3O2/c1-17(9-13(15)18)12-4-3-10(7-11(12)14)8-16-5-6-19-2/h3-4,7,16H,5-6,8-9H2,1-2H3,(H2,15,18). The maximum Gasteiger partial charge on any atom is 0.236 e. The second kappa shape index (κ2) is 8.14. The summed E-state index contributed by atoms with van der Waals surface area (Å²) in [4.78, 5) is 12.7. The Morgan fingerprint density at radius 1 is 1.53 bits per heavy atom. The zero-order chi connectivity index (χ0) is 14.3. The number of nitrogens with one attached hydrogen (secondary N) is 1. The highest BCUT2D eigenvalue weighted by molar-refractivity contribution is 9.10. The number of nitrogens with zero attached hydrogens (tertiary/aromatic N) is 1. The molecular weight excluding hydrogens is 310 g/mol. The highest BCUT2D eigenvalue weighted by Crippen LogP contribution is 2.26. The largest absolute Gasteiger partial charge is 0.383 e. The van der Waals surface area contributed by atoms with E-state index < -0.39 is 0 Å². The number of rotatable bonds is 8. The average Bonchev–Trinajstić information content (AvgIpc) is 2.33. The number of benzene rings is 1. The van der Waals surface area contributed by atoms with Crippen molar-refractivity contribution in [1.29, 1.82) is 0 Å². The number of likely N-dealkylation sites (N-methyl/N-ethyl adjacent to an activating group) is 1. The summed E-state index contributed by atoms with van der Waals surface area (Å²) in [7, 11) is 3.52. The van der Waals surface area contributed by atoms with Crippen molar-refractivity contribution in [1.82, 2.24) is 5.32 Å². The van der Waals surface area contributed by atoms with Crippen molar-refractivity contribution in [2.24, 2.45) is 5.73 Å². The SMILES string of the molecule is COCCNCc1ccc(N(C)CC(N)=O)c(Br)c1. The van der Waals surface area contributed by atoms with Crippen LogP contribution in [0.2, 0.25) is 0 Å². The number of hydrogen-bond donors (Lipinski definition) is 2. The third kappa shape index (κ3) is 5.59. The second-order valence-corrected chi connectivity index (χ2v) is 5.13. The van der Waals surface area contributed by atoms with Crippen molar-refractivity contribution >= 4 is 27.5 Å². The van der Waals surface area contributed by atoms with E-state index in [0.29, 0.717) is 6.61 Å². The lowest BCUT2D eigenvalue weighted by Crippen LogP contribution is -2.30. The number of amides is 1. The molecule has 0 aliphatic carbocycles. The molecule has 1 aromatic carbocycles. The quantitative estimate of drug-likeness (QED) is 0.701. The number of nitrogens with two attached hydrogens (primary N) is 1. The molecule has 0 saturated heterocycles. The molecule has 1 amide bonds. The third-order valence-corrected chi connectivity index (χ3v) is 3.26. The van der Waals surface area contributed by atoms with Gasteiger partial charge in [0.2, 0.25) is 5.91 Å². The fourth-order valence-corrected chi connectivity index (χ4v) is 2.42. The normalized spacial score (nSPS) is 10.5. The molecule has 6 heteroatoms. The van der Waals surface area contributed by atoms with Crippen molar-refractivity contribution in [3.05, 3.63) is 28.2 Å². The predicted octanol–water partition coefficient (Wildman–Crippen LogP) is 1.11. The molecule has 0 bridgehead atoms. The van der Waals surface area contributed by atoms with Gasteiger partial charge in [0, 0.05) is 31.7 Å². The summed E-state index contributed by atoms with van der Waals surface area (Å²) in [6.07, 6.45) is 0. The van der Waals surface area contributed by atoms with Crippen LogP contribution in [0.1, 0.15) is 5.56 Å². The summed E-state index contributed by atoms with van der Waals surface area (Å²) in [5.41, 5.74) is 7.30. The molecule has 0 aliphatic rings. The summed E-state index contributed by atoms with van der Waals surface area (Å²) in [6.45, 7) is 2.49. The first-order valence-electron chi connectivity index (χ1n) is 6.02. The monoisotopic (exact) mass is 329 g/mol. The summed E-state index contributed by atoms with van der Waals surface area (Å²) < 4.78 is 5.92. The van der Waals surface area contributed by atoms with E-state index in [-0.39, 0.29) is 12.5 Å². The Hall–Kier alpha value is -1.11. The van der Waals surface area contributed by atoms with Gasteiger partial charge >= 0.3 is 0 Å². The van der Waals surface area contributed by atoms with Gasteiger partial charge < -0.3 is 20.7 Å². The van der Waals surface area contributed by atoms with Gasteiger partial charge in [-0.1, -0.05) is 6.07 Å². The smallest absolute Gasteiger partial charge is 0.236 e. The fraction of sp³-hybridized carbons (Fsp3) is 0.462. The van der Waals surface area contributed by atoms with Crippen molar-refractivity contribution < 1.29 is 9.53 Å². The van der Waals surface area contributed by atoms with E-state index in [1.54, 1.807) is 7.11 Å². The van der Waals surface area contributed by atoms with Crippen LogP contribution in [0, 0.1) is 0 Å². The summed E-state index contributed by atoms with van der Waals surface area (Å²) in [5, 5.41) is 3.28. The summed E-state index contributed by atoms with van der Waals surface area (Å²) in [6, 6.07) is 6.03. The lowest BCUT2D eigenvalue weighted by molar-refractivity contribution is -0.116. The molecule has 0 heterocycles. The maximum atomic E-state index is 10.9. The molecule has 1 rings (SSSR count). The first kappa shape index (κ1) is 15.9. The van der Waals surface area contributed by atoms with Gasteiger partial charge in [0.1, 0.15) is 0 Å². The minimum Gasteiger partial charge on any atom is -0.383 e. The van der Waals surface area contributed by atoms with Crippen LogP contribution in [0.25, 0.3) is 0 Å². The Morgan fingerprint density at radius 2 is 2.26 bits per heavy atom. The van der Waals surface area contributed by atoms with Crippen LogP contribution in [-0.2, 0) is 16.1 Å². The number of anilines is 1. The van der Waals surface area contributed by atoms with Gasteiger partial charge in [-0.2, -0.15) is 0 Å². The number of halogens is 1. The molecule has 3 N–H and O–H groups in total. The Bertz CT molecular complexity index is 426. The number of carbonyl (C=O) groups excluding carboxylic acids is 1. The molecule has 19 heavy (non-hydrogen) atoms. The van der Waals surface area contributed by atoms with Crippen LogP contribution in [0.4, 0.5) is 5.69 Å². The minimum absolute atomic E-state index is 0.198. The van der Waals surface area contributed by atoms with E-state index in [4.69, 9.17) is 10.5 Å². The van der Waals surface area contributed by atoms with Crippen molar-refractivity contribution in [3.63, 3.8) is 0 Å². The lowest BCUT2D eigenvalue weighted by atomic mass is 10.2. The number of hydrogen-bond acceptors (Lipinski definition) is 4. The molecule has 0 atom stereocenters. The molecule has 0 aliphatic heterocycles. The van der Waals surface area contributed by atoms with Crippen molar-refractivity contribution in [3.8, 4) is 0 Å². The van der Waals surface area contributed by atoms with Gasteiger partial charge in [-0.3, -0.25) is 4.79 Å². The van der Waals surface area contributed by atoms with E-state index in [9.17, 15) is 4.79 Å². The molecular formula is C13H20BrN3O2. The third-order valence-electron chi connectivity index (χ3n) is 2.63. The van der Waals surface area contributed by atoms with E-state index in [1.807, 2.05) is 30.1 Å². The molecule has 0 fully saturated rings. The number of carbonyl (C=O) groups is 1. The molecule has 0 radical (unpaired) electrons. The molecule has 5 nitrogen and oxygen atoms in total. The Morgan fingerprint density at radius 3 is 2.84 bits per heavy atom. The van der Waals surface area contributed by atoms with Gasteiger partial charge in [-0.15, -0.1) is 0 Å². The second-order valence-electron chi connectivity index (χ2n) is 4.28. The van der Waals surface area contributed by atoms with E-state index in [0.717, 1.165) is 23.2 Å². The van der Waals surface area contributed by atoms with Gasteiger partial charge in [-0.05, 0) is 33.6 Å². The van der Waals surface area contributed by atoms with E-state index >= 15 is 0 Å². The van der Waals surface area contributed by atoms with Crippen LogP contribution in [0.3, 0.4) is 0 Å². The summed E-state index contributed by atoms with van der Waals surface area (Å²) in [5.74, 6) is -0.347. The highest BCUT2D eigenvalue weighted by Gasteiger charge is 2.08. The number of methoxy groups -OCH3 is 1. The molecule has 0 spiro atoms. The first-order chi connectivity index (χ1) is 9.04. The highest BCUT2D eigenvalue weighted by atomic mass is 79.9. The van der Waals surface area contributed by atoms with Crippen LogP contribution >= 0.6 is 15.9 Å². The molecule has 0 saturated carbocycles. The van der Waals surface area contributed by atoms with Crippen LogP contribution in [0.5, 0.6) is 0 Å². The number of primary amides is 1. The Balaban J connectivity index is 2.61. The van der Waals surface area contributed by atoms with Gasteiger partial charge in [0.05, 0.1) is 18.8 Å². The molecule has 0 aromatic heterocycles. The Kier molecular flexibility index (Phi) is 6.83. The maximum absolute atomic E-state index is 10.9. The molecule has 0 unspecified atom stereocenters. The lowest BCUT2D eigenvalue weighted by Gasteiger charge is -2.19. The van der Waals surface area contributed by atoms with Gasteiger partial charge in [0.25, 0.3) is 0 Å². The summed E-state index contributed by atoms with van der Waals surface area (Å²) >= 11 is 3.51. The zero-order valence-corrected chi connectivity index (χ0v) is 12.9. The van der Waals surface area contributed by atoms with Gasteiger partial charge in [0.15, 0.2) is 0 Å². The fourth-order valence-electron chi connectivity index (χ4n) is 1.70. The van der Waals surface area contributed by atoms with Crippen molar-refractivity contribution in [2.45, 2.75) is 6.54 Å². The van der Waals surface area contributed by atoms with E-state index in [1.165, 1.54) is 5.56 Å². The van der Waals surface area contributed by atoms with Crippen LogP contribution in [-0.4, -0.2) is 39.8 Å². The van der Waals surface area contributed by atoms with Crippen LogP contribution in [0.15, 0.2) is 22.7 Å². The molecule has 106 valence electrons. The topological polar surface area (TPSA) is 67.6 Å². The van der Waals surface area contributed by atoms with E-state index in [2.05, 4.69) is 21.2 Å². The van der Waals surface area contributed by atoms with Crippen LogP contribution < -0.4 is 16.0 Å².